The zero-order valence-corrected chi connectivity index (χ0v) is 10.8. The number of thioether (sulfide) groups is 1. The monoisotopic (exact) mass is 257 g/mol. The van der Waals surface area contributed by atoms with Crippen molar-refractivity contribution in [2.24, 2.45) is 0 Å². The summed E-state index contributed by atoms with van der Waals surface area (Å²) < 4.78 is 0. The fourth-order valence-corrected chi connectivity index (χ4v) is 3.41. The average Bonchev–Trinajstić information content (AvgIpc) is 2.29. The zero-order valence-electron chi connectivity index (χ0n) is 9.27. The summed E-state index contributed by atoms with van der Waals surface area (Å²) in [5.74, 6) is 2.12. The summed E-state index contributed by atoms with van der Waals surface area (Å²) in [4.78, 5) is 2.22. The molecule has 0 aromatic heterocycles. The molecule has 1 aliphatic heterocycles. The summed E-state index contributed by atoms with van der Waals surface area (Å²) in [5.41, 5.74) is 0.909. The Bertz CT molecular complexity index is 361. The molecule has 2 unspecified atom stereocenters. The predicted molar refractivity (Wildman–Crippen MR) is 70.2 cm³/mol. The van der Waals surface area contributed by atoms with Gasteiger partial charge in [-0.1, -0.05) is 23.7 Å². The van der Waals surface area contributed by atoms with E-state index in [1.54, 1.807) is 0 Å². The number of benzene rings is 1. The van der Waals surface area contributed by atoms with Gasteiger partial charge in [0.05, 0.1) is 6.10 Å². The average molecular weight is 258 g/mol. The Morgan fingerprint density at radius 3 is 3.06 bits per heavy atom. The van der Waals surface area contributed by atoms with Gasteiger partial charge in [-0.15, -0.1) is 0 Å². The van der Waals surface area contributed by atoms with Gasteiger partial charge in [0.2, 0.25) is 0 Å². The molecule has 1 aromatic rings. The van der Waals surface area contributed by atoms with Gasteiger partial charge in [-0.25, -0.2) is 0 Å². The normalized spacial score (nSPS) is 24.3. The van der Waals surface area contributed by atoms with E-state index in [9.17, 15) is 5.11 Å². The van der Waals surface area contributed by atoms with Crippen LogP contribution in [0.5, 0.6) is 0 Å². The maximum atomic E-state index is 10.3. The molecule has 0 spiro atoms. The third-order valence-electron chi connectivity index (χ3n) is 3.00. The quantitative estimate of drug-likeness (QED) is 0.880. The zero-order chi connectivity index (χ0) is 11.5. The van der Waals surface area contributed by atoms with Crippen LogP contribution in [0.3, 0.4) is 0 Å². The van der Waals surface area contributed by atoms with E-state index in [2.05, 4.69) is 11.9 Å². The molecule has 1 heterocycles. The van der Waals surface area contributed by atoms with E-state index in [1.165, 1.54) is 0 Å². The third kappa shape index (κ3) is 2.72. The van der Waals surface area contributed by atoms with E-state index in [4.69, 9.17) is 11.6 Å². The minimum atomic E-state index is -0.448. The van der Waals surface area contributed by atoms with Gasteiger partial charge in [-0.2, -0.15) is 11.8 Å². The highest BCUT2D eigenvalue weighted by atomic mass is 35.5. The number of hydrogen-bond donors (Lipinski definition) is 1. The van der Waals surface area contributed by atoms with Crippen molar-refractivity contribution in [3.8, 4) is 0 Å². The Balaban J connectivity index is 2.14. The number of halogens is 1. The molecule has 1 saturated heterocycles. The van der Waals surface area contributed by atoms with Crippen molar-refractivity contribution in [3.63, 3.8) is 0 Å². The Morgan fingerprint density at radius 1 is 1.56 bits per heavy atom. The summed E-state index contributed by atoms with van der Waals surface area (Å²) in [6, 6.07) is 7.69. The molecule has 4 heteroatoms. The molecule has 1 fully saturated rings. The molecule has 1 N–H and O–H groups in total. The predicted octanol–water partition coefficient (Wildman–Crippen LogP) is 2.42. The summed E-state index contributed by atoms with van der Waals surface area (Å²) in [7, 11) is 2.07. The Morgan fingerprint density at radius 2 is 2.38 bits per heavy atom. The first-order valence-electron chi connectivity index (χ1n) is 5.40. The van der Waals surface area contributed by atoms with Crippen molar-refractivity contribution in [1.29, 1.82) is 0 Å². The topological polar surface area (TPSA) is 23.5 Å². The van der Waals surface area contributed by atoms with E-state index >= 15 is 0 Å². The van der Waals surface area contributed by atoms with Gasteiger partial charge in [0.25, 0.3) is 0 Å². The minimum Gasteiger partial charge on any atom is -0.387 e. The molecular formula is C12H16ClNOS. The van der Waals surface area contributed by atoms with Crippen LogP contribution in [0.1, 0.15) is 11.7 Å². The lowest BCUT2D eigenvalue weighted by Crippen LogP contribution is -2.43. The van der Waals surface area contributed by atoms with Gasteiger partial charge >= 0.3 is 0 Å². The third-order valence-corrected chi connectivity index (χ3v) is 4.28. The fraction of sp³-hybridized carbons (Fsp3) is 0.500. The van der Waals surface area contributed by atoms with Crippen molar-refractivity contribution in [2.45, 2.75) is 12.1 Å². The van der Waals surface area contributed by atoms with Crippen molar-refractivity contribution in [3.05, 3.63) is 34.9 Å². The number of aliphatic hydroxyl groups excluding tert-OH is 1. The van der Waals surface area contributed by atoms with Crippen molar-refractivity contribution in [2.75, 3.05) is 25.1 Å². The lowest BCUT2D eigenvalue weighted by Gasteiger charge is -2.35. The highest BCUT2D eigenvalue weighted by molar-refractivity contribution is 7.99. The van der Waals surface area contributed by atoms with Crippen LogP contribution in [0.15, 0.2) is 24.3 Å². The van der Waals surface area contributed by atoms with E-state index < -0.39 is 6.10 Å². The smallest absolute Gasteiger partial charge is 0.0953 e. The molecule has 0 amide bonds. The molecule has 0 bridgehead atoms. The fourth-order valence-electron chi connectivity index (χ4n) is 1.95. The first-order chi connectivity index (χ1) is 7.68. The van der Waals surface area contributed by atoms with Crippen molar-refractivity contribution < 1.29 is 5.11 Å². The van der Waals surface area contributed by atoms with Crippen molar-refractivity contribution >= 4 is 23.4 Å². The molecule has 0 saturated carbocycles. The van der Waals surface area contributed by atoms with Crippen LogP contribution in [0, 0.1) is 0 Å². The highest BCUT2D eigenvalue weighted by Crippen LogP contribution is 2.27. The van der Waals surface area contributed by atoms with Gasteiger partial charge in [0.1, 0.15) is 0 Å². The molecule has 16 heavy (non-hydrogen) atoms. The van der Waals surface area contributed by atoms with Crippen LogP contribution >= 0.6 is 23.4 Å². The SMILES string of the molecule is CN1CCSCC1C(O)c1cccc(Cl)c1. The van der Waals surface area contributed by atoms with Crippen LogP contribution in [-0.2, 0) is 0 Å². The Labute approximate surface area is 106 Å². The minimum absolute atomic E-state index is 0.192. The number of rotatable bonds is 2. The molecule has 2 rings (SSSR count). The van der Waals surface area contributed by atoms with Gasteiger partial charge in [-0.3, -0.25) is 4.90 Å². The van der Waals surface area contributed by atoms with E-state index in [1.807, 2.05) is 36.0 Å². The van der Waals surface area contributed by atoms with Gasteiger partial charge in [0.15, 0.2) is 0 Å². The lowest BCUT2D eigenvalue weighted by atomic mass is 10.0. The Hall–Kier alpha value is -0.220. The van der Waals surface area contributed by atoms with Crippen LogP contribution < -0.4 is 0 Å². The van der Waals surface area contributed by atoms with E-state index in [-0.39, 0.29) is 6.04 Å². The van der Waals surface area contributed by atoms with Gasteiger partial charge < -0.3 is 5.11 Å². The highest BCUT2D eigenvalue weighted by Gasteiger charge is 2.27. The summed E-state index contributed by atoms with van der Waals surface area (Å²) in [6.45, 7) is 1.03. The largest absolute Gasteiger partial charge is 0.387 e. The lowest BCUT2D eigenvalue weighted by molar-refractivity contribution is 0.0759. The number of nitrogens with zero attached hydrogens (tertiary/aromatic N) is 1. The molecule has 1 aromatic carbocycles. The number of aliphatic hydroxyl groups is 1. The maximum absolute atomic E-state index is 10.3. The maximum Gasteiger partial charge on any atom is 0.0953 e. The Kier molecular flexibility index (Phi) is 4.14. The number of likely N-dealkylation sites (N-methyl/N-ethyl adjacent to an activating group) is 1. The molecular weight excluding hydrogens is 242 g/mol. The van der Waals surface area contributed by atoms with Crippen LogP contribution in [0.2, 0.25) is 5.02 Å². The second-order valence-corrected chi connectivity index (χ2v) is 5.71. The second kappa shape index (κ2) is 5.41. The van der Waals surface area contributed by atoms with Crippen LogP contribution in [-0.4, -0.2) is 41.1 Å². The summed E-state index contributed by atoms with van der Waals surface area (Å²) in [6.07, 6.45) is -0.448. The van der Waals surface area contributed by atoms with E-state index in [0.29, 0.717) is 5.02 Å². The van der Waals surface area contributed by atoms with Gasteiger partial charge in [-0.05, 0) is 24.7 Å². The molecule has 2 atom stereocenters. The van der Waals surface area contributed by atoms with E-state index in [0.717, 1.165) is 23.6 Å². The molecule has 0 aliphatic carbocycles. The standard InChI is InChI=1S/C12H16ClNOS/c1-14-5-6-16-8-11(14)12(15)9-3-2-4-10(13)7-9/h2-4,7,11-12,15H,5-6,8H2,1H3. The molecule has 1 aliphatic rings. The first kappa shape index (κ1) is 12.2. The van der Waals surface area contributed by atoms with Crippen LogP contribution in [0.4, 0.5) is 0 Å². The second-order valence-electron chi connectivity index (χ2n) is 4.12. The molecule has 0 radical (unpaired) electrons. The molecule has 88 valence electrons. The van der Waals surface area contributed by atoms with Crippen molar-refractivity contribution in [1.82, 2.24) is 4.90 Å². The van der Waals surface area contributed by atoms with Crippen LogP contribution in [0.25, 0.3) is 0 Å². The molecule has 2 nitrogen and oxygen atoms in total. The summed E-state index contributed by atoms with van der Waals surface area (Å²) >= 11 is 7.83. The number of hydrogen-bond acceptors (Lipinski definition) is 3. The first-order valence-corrected chi connectivity index (χ1v) is 6.93. The van der Waals surface area contributed by atoms with Gasteiger partial charge in [0, 0.05) is 29.1 Å². The summed E-state index contributed by atoms with van der Waals surface area (Å²) in [5, 5.41) is 11.0.